The van der Waals surface area contributed by atoms with E-state index in [9.17, 15) is 4.39 Å². The topological polar surface area (TPSA) is 12.0 Å². The van der Waals surface area contributed by atoms with E-state index in [0.29, 0.717) is 6.04 Å². The van der Waals surface area contributed by atoms with Gasteiger partial charge < -0.3 is 5.32 Å². The molecule has 1 aromatic rings. The second-order valence-electron chi connectivity index (χ2n) is 6.30. The second-order valence-corrected chi connectivity index (χ2v) is 6.30. The monoisotopic (exact) mass is 263 g/mol. The number of rotatable bonds is 4. The third-order valence-corrected chi connectivity index (χ3v) is 4.55. The van der Waals surface area contributed by atoms with Crippen LogP contribution in [-0.4, -0.2) is 6.04 Å². The van der Waals surface area contributed by atoms with Gasteiger partial charge in [0.25, 0.3) is 0 Å². The highest BCUT2D eigenvalue weighted by Crippen LogP contribution is 2.30. The molecule has 1 nitrogen and oxygen atoms in total. The van der Waals surface area contributed by atoms with E-state index in [1.807, 2.05) is 6.07 Å². The fraction of sp³-hybridized carbons (Fsp3) is 0.647. The van der Waals surface area contributed by atoms with Gasteiger partial charge in [0.15, 0.2) is 0 Å². The quantitative estimate of drug-likeness (QED) is 0.831. The summed E-state index contributed by atoms with van der Waals surface area (Å²) in [6, 6.07) is 7.75. The van der Waals surface area contributed by atoms with Gasteiger partial charge >= 0.3 is 0 Å². The van der Waals surface area contributed by atoms with Crippen molar-refractivity contribution >= 4 is 0 Å². The third-order valence-electron chi connectivity index (χ3n) is 4.55. The lowest BCUT2D eigenvalue weighted by molar-refractivity contribution is 0.231. The Kier molecular flexibility index (Phi) is 4.98. The maximum atomic E-state index is 13.2. The Hall–Kier alpha value is -0.890. The average Bonchev–Trinajstić information content (AvgIpc) is 2.39. The molecule has 0 aliphatic heterocycles. The van der Waals surface area contributed by atoms with E-state index in [2.05, 4.69) is 26.1 Å². The van der Waals surface area contributed by atoms with Gasteiger partial charge in [-0.25, -0.2) is 4.39 Å². The minimum absolute atomic E-state index is 0.144. The van der Waals surface area contributed by atoms with Gasteiger partial charge in [0, 0.05) is 12.1 Å². The summed E-state index contributed by atoms with van der Waals surface area (Å²) < 4.78 is 13.2. The summed E-state index contributed by atoms with van der Waals surface area (Å²) in [5.41, 5.74) is 1.05. The van der Waals surface area contributed by atoms with Crippen molar-refractivity contribution in [1.29, 1.82) is 0 Å². The van der Waals surface area contributed by atoms with Crippen LogP contribution in [0.5, 0.6) is 0 Å². The van der Waals surface area contributed by atoms with Crippen LogP contribution in [0.3, 0.4) is 0 Å². The van der Waals surface area contributed by atoms with Gasteiger partial charge in [0.2, 0.25) is 0 Å². The summed E-state index contributed by atoms with van der Waals surface area (Å²) in [6.45, 7) is 6.78. The zero-order valence-corrected chi connectivity index (χ0v) is 12.3. The van der Waals surface area contributed by atoms with E-state index in [4.69, 9.17) is 0 Å². The first-order chi connectivity index (χ1) is 9.06. The van der Waals surface area contributed by atoms with Crippen molar-refractivity contribution in [3.05, 3.63) is 35.6 Å². The van der Waals surface area contributed by atoms with Crippen molar-refractivity contribution in [1.82, 2.24) is 5.32 Å². The number of nitrogens with one attached hydrogen (secondary N) is 1. The molecular weight excluding hydrogens is 237 g/mol. The molecule has 1 fully saturated rings. The van der Waals surface area contributed by atoms with E-state index < -0.39 is 0 Å². The lowest BCUT2D eigenvalue weighted by Crippen LogP contribution is -2.35. The first-order valence-electron chi connectivity index (χ1n) is 7.57. The second kappa shape index (κ2) is 6.51. The Morgan fingerprint density at radius 3 is 2.37 bits per heavy atom. The number of halogens is 1. The van der Waals surface area contributed by atoms with Gasteiger partial charge in [0.05, 0.1) is 0 Å². The molecule has 19 heavy (non-hydrogen) atoms. The predicted octanol–water partition coefficient (Wildman–Crippen LogP) is 4.69. The van der Waals surface area contributed by atoms with Crippen LogP contribution in [0.4, 0.5) is 4.39 Å². The standard InChI is InChI=1S/C17H26FN/c1-12(2)14-7-9-17(10-8-14)19-13(3)15-5-4-6-16(18)11-15/h4-6,11-14,17,19H,7-10H2,1-3H3/t13-,14?,17?/m1/s1. The summed E-state index contributed by atoms with van der Waals surface area (Å²) in [5.74, 6) is 1.55. The highest BCUT2D eigenvalue weighted by molar-refractivity contribution is 5.19. The molecule has 2 heteroatoms. The predicted molar refractivity (Wildman–Crippen MR) is 78.5 cm³/mol. The molecule has 1 atom stereocenters. The maximum absolute atomic E-state index is 13.2. The zero-order valence-electron chi connectivity index (χ0n) is 12.3. The van der Waals surface area contributed by atoms with Crippen LogP contribution in [-0.2, 0) is 0 Å². The number of hydrogen-bond donors (Lipinski definition) is 1. The molecule has 1 aromatic carbocycles. The van der Waals surface area contributed by atoms with Crippen LogP contribution in [0.15, 0.2) is 24.3 Å². The van der Waals surface area contributed by atoms with Crippen molar-refractivity contribution in [3.63, 3.8) is 0 Å². The van der Waals surface area contributed by atoms with Gasteiger partial charge in [-0.1, -0.05) is 26.0 Å². The molecule has 1 aliphatic rings. The molecule has 2 rings (SSSR count). The van der Waals surface area contributed by atoms with Crippen molar-refractivity contribution in [2.24, 2.45) is 11.8 Å². The van der Waals surface area contributed by atoms with Gasteiger partial charge in [0.1, 0.15) is 5.82 Å². The molecule has 0 radical (unpaired) electrons. The van der Waals surface area contributed by atoms with Crippen LogP contribution in [0.25, 0.3) is 0 Å². The molecule has 0 amide bonds. The molecule has 106 valence electrons. The molecule has 0 aromatic heterocycles. The van der Waals surface area contributed by atoms with Crippen molar-refractivity contribution in [2.45, 2.75) is 58.5 Å². The van der Waals surface area contributed by atoms with Gasteiger partial charge in [-0.2, -0.15) is 0 Å². The first kappa shape index (κ1) is 14.5. The zero-order chi connectivity index (χ0) is 13.8. The number of benzene rings is 1. The molecular formula is C17H26FN. The largest absolute Gasteiger partial charge is 0.307 e. The van der Waals surface area contributed by atoms with Crippen molar-refractivity contribution < 1.29 is 4.39 Å². The summed E-state index contributed by atoms with van der Waals surface area (Å²) in [6.07, 6.45) is 5.15. The Labute approximate surface area is 116 Å². The SMILES string of the molecule is CC(C)C1CCC(N[C@H](C)c2cccc(F)c2)CC1. The lowest BCUT2D eigenvalue weighted by Gasteiger charge is -2.33. The van der Waals surface area contributed by atoms with Crippen molar-refractivity contribution in [3.8, 4) is 0 Å². The third kappa shape index (κ3) is 4.04. The maximum Gasteiger partial charge on any atom is 0.123 e. The van der Waals surface area contributed by atoms with Crippen LogP contribution in [0.2, 0.25) is 0 Å². The summed E-state index contributed by atoms with van der Waals surface area (Å²) in [4.78, 5) is 0. The van der Waals surface area contributed by atoms with E-state index in [0.717, 1.165) is 17.4 Å². The summed E-state index contributed by atoms with van der Waals surface area (Å²) in [7, 11) is 0. The molecule has 0 saturated heterocycles. The Morgan fingerprint density at radius 2 is 1.79 bits per heavy atom. The fourth-order valence-corrected chi connectivity index (χ4v) is 3.18. The normalized spacial score (nSPS) is 25.5. The Balaban J connectivity index is 1.85. The molecule has 1 aliphatic carbocycles. The highest BCUT2D eigenvalue weighted by atomic mass is 19.1. The van der Waals surface area contributed by atoms with Crippen LogP contribution in [0, 0.1) is 17.7 Å². The van der Waals surface area contributed by atoms with Gasteiger partial charge in [-0.05, 0) is 62.1 Å². The smallest absolute Gasteiger partial charge is 0.123 e. The van der Waals surface area contributed by atoms with E-state index in [-0.39, 0.29) is 11.9 Å². The molecule has 0 heterocycles. The van der Waals surface area contributed by atoms with Crippen LogP contribution in [0.1, 0.15) is 58.1 Å². The molecule has 1 N–H and O–H groups in total. The number of hydrogen-bond acceptors (Lipinski definition) is 1. The van der Waals surface area contributed by atoms with Gasteiger partial charge in [-0.3, -0.25) is 0 Å². The Morgan fingerprint density at radius 1 is 1.11 bits per heavy atom. The fourth-order valence-electron chi connectivity index (χ4n) is 3.18. The van der Waals surface area contributed by atoms with Crippen LogP contribution >= 0.6 is 0 Å². The van der Waals surface area contributed by atoms with E-state index >= 15 is 0 Å². The molecule has 0 bridgehead atoms. The highest BCUT2D eigenvalue weighted by Gasteiger charge is 2.24. The Bertz CT molecular complexity index is 394. The summed E-state index contributed by atoms with van der Waals surface area (Å²) in [5, 5.41) is 3.66. The summed E-state index contributed by atoms with van der Waals surface area (Å²) >= 11 is 0. The average molecular weight is 263 g/mol. The van der Waals surface area contributed by atoms with Gasteiger partial charge in [-0.15, -0.1) is 0 Å². The van der Waals surface area contributed by atoms with Crippen LogP contribution < -0.4 is 5.32 Å². The van der Waals surface area contributed by atoms with Crippen molar-refractivity contribution in [2.75, 3.05) is 0 Å². The first-order valence-corrected chi connectivity index (χ1v) is 7.57. The minimum Gasteiger partial charge on any atom is -0.307 e. The molecule has 1 saturated carbocycles. The van der Waals surface area contributed by atoms with E-state index in [1.165, 1.54) is 31.7 Å². The minimum atomic E-state index is -0.144. The van der Waals surface area contributed by atoms with E-state index in [1.54, 1.807) is 12.1 Å². The molecule has 0 unspecified atom stereocenters. The lowest BCUT2D eigenvalue weighted by atomic mass is 9.79. The molecule has 0 spiro atoms.